The molecule has 7 heteroatoms. The predicted octanol–water partition coefficient (Wildman–Crippen LogP) is -1.03. The van der Waals surface area contributed by atoms with E-state index < -0.39 is 21.8 Å². The molecule has 1 unspecified atom stereocenters. The molecule has 0 aliphatic heterocycles. The highest BCUT2D eigenvalue weighted by molar-refractivity contribution is 8.00. The second kappa shape index (κ2) is 6.26. The topological polar surface area (TPSA) is 103 Å². The van der Waals surface area contributed by atoms with Gasteiger partial charge in [0.15, 0.2) is 0 Å². The molecule has 4 N–H and O–H groups in total. The predicted molar refractivity (Wildman–Crippen MR) is 58.8 cm³/mol. The molecule has 84 valence electrons. The maximum atomic E-state index is 10.7. The van der Waals surface area contributed by atoms with Crippen molar-refractivity contribution in [2.75, 3.05) is 23.5 Å². The van der Waals surface area contributed by atoms with E-state index in [9.17, 15) is 13.2 Å². The fourth-order valence-electron chi connectivity index (χ4n) is 0.665. The third-order valence-corrected chi connectivity index (χ3v) is 3.76. The van der Waals surface area contributed by atoms with E-state index in [4.69, 9.17) is 11.5 Å². The summed E-state index contributed by atoms with van der Waals surface area (Å²) >= 11 is 1.46. The third-order valence-electron chi connectivity index (χ3n) is 1.54. The molecule has 0 rings (SSSR count). The zero-order valence-electron chi connectivity index (χ0n) is 8.10. The Labute approximate surface area is 88.5 Å². The molecule has 0 aromatic heterocycles. The number of hydrogen-bond donors (Lipinski definition) is 2. The van der Waals surface area contributed by atoms with Gasteiger partial charge in [-0.1, -0.05) is 0 Å². The van der Waals surface area contributed by atoms with Crippen LogP contribution in [0.3, 0.4) is 0 Å². The van der Waals surface area contributed by atoms with Crippen LogP contribution in [0.5, 0.6) is 0 Å². The molecule has 0 bridgehead atoms. The van der Waals surface area contributed by atoms with E-state index in [1.165, 1.54) is 18.0 Å². The Morgan fingerprint density at radius 3 is 2.43 bits per heavy atom. The average Bonchev–Trinajstić information content (AvgIpc) is 2.01. The highest BCUT2D eigenvalue weighted by Crippen LogP contribution is 2.04. The van der Waals surface area contributed by atoms with Crippen LogP contribution in [-0.4, -0.2) is 43.9 Å². The second-order valence-corrected chi connectivity index (χ2v) is 6.52. The standard InChI is InChI=1S/C7H16N2O3S2/c1-14(11,12)5-4-13-3-2-6(8)7(9)10/h6H,2-5,8H2,1H3,(H2,9,10). The summed E-state index contributed by atoms with van der Waals surface area (Å²) in [5.74, 6) is 0.821. The molecule has 14 heavy (non-hydrogen) atoms. The Kier molecular flexibility index (Phi) is 6.14. The third kappa shape index (κ3) is 8.33. The zero-order chi connectivity index (χ0) is 11.2. The van der Waals surface area contributed by atoms with Crippen LogP contribution in [0.25, 0.3) is 0 Å². The van der Waals surface area contributed by atoms with Crippen molar-refractivity contribution in [3.63, 3.8) is 0 Å². The molecule has 1 atom stereocenters. The van der Waals surface area contributed by atoms with Gasteiger partial charge in [0.1, 0.15) is 9.84 Å². The largest absolute Gasteiger partial charge is 0.368 e. The lowest BCUT2D eigenvalue weighted by atomic mass is 10.2. The van der Waals surface area contributed by atoms with Gasteiger partial charge >= 0.3 is 0 Å². The Hall–Kier alpha value is -0.270. The molecule has 0 spiro atoms. The van der Waals surface area contributed by atoms with Crippen LogP contribution in [0.4, 0.5) is 0 Å². The summed E-state index contributed by atoms with van der Waals surface area (Å²) in [5, 5.41) is 0. The van der Waals surface area contributed by atoms with E-state index in [2.05, 4.69) is 0 Å². The molecule has 0 aliphatic carbocycles. The van der Waals surface area contributed by atoms with Crippen molar-refractivity contribution in [1.82, 2.24) is 0 Å². The lowest BCUT2D eigenvalue weighted by molar-refractivity contribution is -0.119. The van der Waals surface area contributed by atoms with Crippen molar-refractivity contribution < 1.29 is 13.2 Å². The summed E-state index contributed by atoms with van der Waals surface area (Å²) in [5.41, 5.74) is 10.3. The number of sulfone groups is 1. The van der Waals surface area contributed by atoms with Gasteiger partial charge in [0.05, 0.1) is 11.8 Å². The molecule has 0 fully saturated rings. The van der Waals surface area contributed by atoms with Crippen molar-refractivity contribution in [3.8, 4) is 0 Å². The molecule has 0 aromatic rings. The number of primary amides is 1. The fraction of sp³-hybridized carbons (Fsp3) is 0.857. The summed E-state index contributed by atoms with van der Waals surface area (Å²) in [6.07, 6.45) is 1.69. The molecule has 1 amide bonds. The SMILES string of the molecule is CS(=O)(=O)CCSCCC(N)C(N)=O. The number of amides is 1. The average molecular weight is 240 g/mol. The van der Waals surface area contributed by atoms with Crippen LogP contribution in [0, 0.1) is 0 Å². The highest BCUT2D eigenvalue weighted by atomic mass is 32.2. The van der Waals surface area contributed by atoms with Crippen LogP contribution in [-0.2, 0) is 14.6 Å². The summed E-state index contributed by atoms with van der Waals surface area (Å²) in [6.45, 7) is 0. The molecule has 0 aliphatic rings. The zero-order valence-corrected chi connectivity index (χ0v) is 9.73. The minimum absolute atomic E-state index is 0.156. The fourth-order valence-corrected chi connectivity index (χ4v) is 2.97. The first kappa shape index (κ1) is 13.7. The van der Waals surface area contributed by atoms with Gasteiger partial charge in [-0.25, -0.2) is 8.42 Å². The summed E-state index contributed by atoms with van der Waals surface area (Å²) < 4.78 is 21.4. The number of carbonyl (C=O) groups excluding carboxylic acids is 1. The lowest BCUT2D eigenvalue weighted by Crippen LogP contribution is -2.36. The normalized spacial score (nSPS) is 13.9. The quantitative estimate of drug-likeness (QED) is 0.554. The Morgan fingerprint density at radius 1 is 1.43 bits per heavy atom. The summed E-state index contributed by atoms with van der Waals surface area (Å²) in [7, 11) is -2.88. The molecular formula is C7H16N2O3S2. The second-order valence-electron chi connectivity index (χ2n) is 3.04. The van der Waals surface area contributed by atoms with E-state index in [1.54, 1.807) is 0 Å². The number of thioether (sulfide) groups is 1. The van der Waals surface area contributed by atoms with Gasteiger partial charge in [0.25, 0.3) is 0 Å². The van der Waals surface area contributed by atoms with E-state index >= 15 is 0 Å². The smallest absolute Gasteiger partial charge is 0.234 e. The van der Waals surface area contributed by atoms with Crippen LogP contribution in [0.1, 0.15) is 6.42 Å². The first-order valence-electron chi connectivity index (χ1n) is 4.13. The van der Waals surface area contributed by atoms with Crippen molar-refractivity contribution in [2.24, 2.45) is 11.5 Å². The maximum absolute atomic E-state index is 10.7. The molecule has 0 saturated heterocycles. The van der Waals surface area contributed by atoms with Crippen molar-refractivity contribution >= 4 is 27.5 Å². The van der Waals surface area contributed by atoms with Crippen LogP contribution in [0.2, 0.25) is 0 Å². The number of hydrogen-bond acceptors (Lipinski definition) is 5. The van der Waals surface area contributed by atoms with E-state index in [-0.39, 0.29) is 5.75 Å². The number of nitrogens with two attached hydrogens (primary N) is 2. The summed E-state index contributed by atoms with van der Waals surface area (Å²) in [6, 6.07) is -0.624. The summed E-state index contributed by atoms with van der Waals surface area (Å²) in [4.78, 5) is 10.5. The van der Waals surface area contributed by atoms with Crippen molar-refractivity contribution in [2.45, 2.75) is 12.5 Å². The molecule has 0 radical (unpaired) electrons. The van der Waals surface area contributed by atoms with Gasteiger partial charge in [-0.3, -0.25) is 4.79 Å². The molecule has 0 heterocycles. The van der Waals surface area contributed by atoms with Crippen LogP contribution >= 0.6 is 11.8 Å². The van der Waals surface area contributed by atoms with E-state index in [1.807, 2.05) is 0 Å². The van der Waals surface area contributed by atoms with E-state index in [0.29, 0.717) is 17.9 Å². The first-order chi connectivity index (χ1) is 6.33. The van der Waals surface area contributed by atoms with Crippen molar-refractivity contribution in [1.29, 1.82) is 0 Å². The van der Waals surface area contributed by atoms with Gasteiger partial charge in [-0.2, -0.15) is 11.8 Å². The molecule has 5 nitrogen and oxygen atoms in total. The molecule has 0 aromatic carbocycles. The highest BCUT2D eigenvalue weighted by Gasteiger charge is 2.08. The Morgan fingerprint density at radius 2 is 2.00 bits per heavy atom. The number of rotatable bonds is 7. The van der Waals surface area contributed by atoms with Gasteiger partial charge in [-0.15, -0.1) is 0 Å². The Bertz CT molecular complexity index is 277. The Balaban J connectivity index is 3.44. The molecular weight excluding hydrogens is 224 g/mol. The minimum atomic E-state index is -2.88. The van der Waals surface area contributed by atoms with E-state index in [0.717, 1.165) is 0 Å². The van der Waals surface area contributed by atoms with Gasteiger partial charge in [0.2, 0.25) is 5.91 Å². The first-order valence-corrected chi connectivity index (χ1v) is 7.35. The van der Waals surface area contributed by atoms with Gasteiger partial charge in [0, 0.05) is 12.0 Å². The number of carbonyl (C=O) groups is 1. The van der Waals surface area contributed by atoms with Gasteiger partial charge < -0.3 is 11.5 Å². The van der Waals surface area contributed by atoms with Crippen molar-refractivity contribution in [3.05, 3.63) is 0 Å². The van der Waals surface area contributed by atoms with Crippen LogP contribution < -0.4 is 11.5 Å². The van der Waals surface area contributed by atoms with Gasteiger partial charge in [-0.05, 0) is 12.2 Å². The monoisotopic (exact) mass is 240 g/mol. The minimum Gasteiger partial charge on any atom is -0.368 e. The maximum Gasteiger partial charge on any atom is 0.234 e. The lowest BCUT2D eigenvalue weighted by Gasteiger charge is -2.05. The molecule has 0 saturated carbocycles. The van der Waals surface area contributed by atoms with Crippen LogP contribution in [0.15, 0.2) is 0 Å².